The van der Waals surface area contributed by atoms with Crippen molar-refractivity contribution in [1.82, 2.24) is 19.7 Å². The summed E-state index contributed by atoms with van der Waals surface area (Å²) >= 11 is 0. The summed E-state index contributed by atoms with van der Waals surface area (Å²) in [5.74, 6) is -0.699. The van der Waals surface area contributed by atoms with Crippen LogP contribution in [0.1, 0.15) is 24.0 Å². The van der Waals surface area contributed by atoms with E-state index < -0.39 is 36.3 Å². The van der Waals surface area contributed by atoms with Gasteiger partial charge in [0.25, 0.3) is 0 Å². The van der Waals surface area contributed by atoms with E-state index in [0.717, 1.165) is 17.8 Å². The van der Waals surface area contributed by atoms with Gasteiger partial charge in [0.15, 0.2) is 5.82 Å². The number of para-hydroxylation sites is 1. The van der Waals surface area contributed by atoms with Crippen molar-refractivity contribution < 1.29 is 33.3 Å². The first-order valence-electron chi connectivity index (χ1n) is 11.8. The van der Waals surface area contributed by atoms with Gasteiger partial charge in [-0.25, -0.2) is 9.67 Å². The number of hydrogen-bond acceptors (Lipinski definition) is 7. The second-order valence-electron chi connectivity index (χ2n) is 8.58. The number of aliphatic hydroxyl groups excluding tert-OH is 2. The number of carboxylic acid groups (broad SMARTS) is 1. The van der Waals surface area contributed by atoms with Crippen LogP contribution < -0.4 is 5.32 Å². The van der Waals surface area contributed by atoms with E-state index in [-0.39, 0.29) is 67.2 Å². The molecule has 0 bridgehead atoms. The van der Waals surface area contributed by atoms with E-state index in [9.17, 15) is 28.2 Å². The third kappa shape index (κ3) is 8.35. The number of rotatable bonds is 10. The molecule has 0 aliphatic carbocycles. The number of carbonyl (C=O) groups is 1. The Balaban J connectivity index is 0.00000441. The van der Waals surface area contributed by atoms with E-state index >= 15 is 0 Å². The van der Waals surface area contributed by atoms with Crippen LogP contribution in [0.2, 0.25) is 0 Å². The van der Waals surface area contributed by atoms with Gasteiger partial charge in [0.05, 0.1) is 36.1 Å². The van der Waals surface area contributed by atoms with Crippen LogP contribution in [0, 0.1) is 0 Å². The molecule has 0 unspecified atom stereocenters. The third-order valence-corrected chi connectivity index (χ3v) is 5.57. The Bertz CT molecular complexity index is 1460. The first-order valence-corrected chi connectivity index (χ1v) is 11.8. The van der Waals surface area contributed by atoms with Crippen molar-refractivity contribution in [1.29, 1.82) is 0 Å². The van der Waals surface area contributed by atoms with Crippen LogP contribution in [0.25, 0.3) is 23.2 Å². The summed E-state index contributed by atoms with van der Waals surface area (Å²) in [5, 5.41) is 36.2. The van der Waals surface area contributed by atoms with Gasteiger partial charge in [-0.1, -0.05) is 42.5 Å². The van der Waals surface area contributed by atoms with E-state index in [0.29, 0.717) is 5.56 Å². The van der Waals surface area contributed by atoms with Crippen LogP contribution in [-0.4, -0.2) is 91.0 Å². The molecule has 0 saturated heterocycles. The van der Waals surface area contributed by atoms with Gasteiger partial charge in [-0.15, -0.1) is 0 Å². The average molecular weight is 582 g/mol. The molecular formula is C27H26CaF3N5O4. The number of hydrogen-bond donors (Lipinski definition) is 4. The third-order valence-electron chi connectivity index (χ3n) is 5.57. The van der Waals surface area contributed by atoms with E-state index in [1.165, 1.54) is 41.4 Å². The van der Waals surface area contributed by atoms with Gasteiger partial charge in [-0.3, -0.25) is 4.79 Å². The summed E-state index contributed by atoms with van der Waals surface area (Å²) < 4.78 is 41.8. The molecule has 0 aliphatic rings. The molecule has 0 radical (unpaired) electrons. The van der Waals surface area contributed by atoms with Crippen LogP contribution in [0.3, 0.4) is 0 Å². The van der Waals surface area contributed by atoms with Crippen molar-refractivity contribution in [3.63, 3.8) is 0 Å². The minimum atomic E-state index is -4.57. The molecular weight excluding hydrogens is 555 g/mol. The van der Waals surface area contributed by atoms with Gasteiger partial charge < -0.3 is 20.6 Å². The molecule has 13 heteroatoms. The minimum absolute atomic E-state index is 0. The average Bonchev–Trinajstić information content (AvgIpc) is 3.31. The topological polar surface area (TPSA) is 133 Å². The number of halogens is 3. The molecule has 4 rings (SSSR count). The number of aromatic nitrogens is 4. The first kappa shape index (κ1) is 31.2. The molecule has 206 valence electrons. The molecule has 2 aromatic heterocycles. The number of alkyl halides is 3. The molecule has 0 saturated carbocycles. The molecule has 9 nitrogen and oxygen atoms in total. The normalized spacial score (nSPS) is 13.0. The van der Waals surface area contributed by atoms with Crippen molar-refractivity contribution in [2.75, 3.05) is 5.32 Å². The zero-order valence-corrected chi connectivity index (χ0v) is 20.3. The van der Waals surface area contributed by atoms with Crippen molar-refractivity contribution in [2.45, 2.75) is 31.2 Å². The van der Waals surface area contributed by atoms with Gasteiger partial charge in [0.1, 0.15) is 0 Å². The maximum atomic E-state index is 13.5. The van der Waals surface area contributed by atoms with E-state index in [2.05, 4.69) is 20.4 Å². The number of carboxylic acids is 1. The second-order valence-corrected chi connectivity index (χ2v) is 8.58. The first-order chi connectivity index (χ1) is 18.6. The van der Waals surface area contributed by atoms with Crippen molar-refractivity contribution in [3.8, 4) is 17.1 Å². The van der Waals surface area contributed by atoms with Crippen LogP contribution in [0.4, 0.5) is 24.8 Å². The van der Waals surface area contributed by atoms with Gasteiger partial charge in [0.2, 0.25) is 5.95 Å². The van der Waals surface area contributed by atoms with Gasteiger partial charge >= 0.3 is 49.9 Å². The molecule has 4 N–H and O–H groups in total. The molecule has 0 amide bonds. The van der Waals surface area contributed by atoms with Crippen molar-refractivity contribution in [3.05, 3.63) is 90.3 Å². The monoisotopic (exact) mass is 581 g/mol. The Morgan fingerprint density at radius 3 is 2.52 bits per heavy atom. The molecule has 2 atom stereocenters. The van der Waals surface area contributed by atoms with Crippen molar-refractivity contribution >= 4 is 61.4 Å². The number of nitrogens with one attached hydrogen (secondary N) is 1. The summed E-state index contributed by atoms with van der Waals surface area (Å²) in [4.78, 5) is 19.4. The van der Waals surface area contributed by atoms with E-state index in [1.54, 1.807) is 6.07 Å². The van der Waals surface area contributed by atoms with Gasteiger partial charge in [0, 0.05) is 35.5 Å². The van der Waals surface area contributed by atoms with Crippen LogP contribution in [0.5, 0.6) is 0 Å². The van der Waals surface area contributed by atoms with Crippen molar-refractivity contribution in [2.24, 2.45) is 0 Å². The van der Waals surface area contributed by atoms with E-state index in [1.807, 2.05) is 30.3 Å². The Hall–Kier alpha value is -3.29. The summed E-state index contributed by atoms with van der Waals surface area (Å²) in [6.07, 6.45) is -2.20. The number of aliphatic carboxylic acids is 1. The Kier molecular flexibility index (Phi) is 10.8. The van der Waals surface area contributed by atoms with Gasteiger partial charge in [-0.05, 0) is 24.3 Å². The number of nitrogens with zero attached hydrogens (tertiary/aromatic N) is 4. The second kappa shape index (κ2) is 13.9. The summed E-state index contributed by atoms with van der Waals surface area (Å²) in [6, 6.07) is 15.4. The molecule has 0 aliphatic heterocycles. The molecule has 0 spiro atoms. The van der Waals surface area contributed by atoms with Crippen LogP contribution >= 0.6 is 0 Å². The fourth-order valence-electron chi connectivity index (χ4n) is 3.82. The summed E-state index contributed by atoms with van der Waals surface area (Å²) in [7, 11) is 0. The molecule has 0 fully saturated rings. The fraction of sp³-hybridized carbons (Fsp3) is 0.185. The maximum absolute atomic E-state index is 13.5. The zero-order chi connectivity index (χ0) is 28.0. The Labute approximate surface area is 257 Å². The number of benzene rings is 2. The Morgan fingerprint density at radius 2 is 1.82 bits per heavy atom. The zero-order valence-electron chi connectivity index (χ0n) is 20.3. The number of aliphatic hydroxyl groups is 2. The summed E-state index contributed by atoms with van der Waals surface area (Å²) in [6.45, 7) is 0. The molecule has 2 aromatic carbocycles. The predicted molar refractivity (Wildman–Crippen MR) is 146 cm³/mol. The molecule has 2 heterocycles. The molecule has 4 aromatic rings. The molecule has 40 heavy (non-hydrogen) atoms. The predicted octanol–water partition coefficient (Wildman–Crippen LogP) is 3.78. The van der Waals surface area contributed by atoms with E-state index in [4.69, 9.17) is 5.11 Å². The standard InChI is InChI=1S/C27H24F3N5O4.Ca.2H/c28-27(29,30)19-6-4-5-17(13-19)25-18(9-10-21(36)14-22(37)15-24(38)39)16-32-35(25)23-11-12-31-26(34-23)33-20-7-2-1-3-8-20;;;/h1-13,16,21-22,36-37H,14-15H2,(H,38,39)(H,31,33,34);;;/b10-9+;;;/t21-,22-;;;/m1.../s1. The quantitative estimate of drug-likeness (QED) is 0.208. The fourth-order valence-corrected chi connectivity index (χ4v) is 3.82. The number of anilines is 2. The Morgan fingerprint density at radius 1 is 1.07 bits per heavy atom. The SMILES string of the molecule is O=C(O)C[C@H](O)C[C@H](O)/C=C/c1cnn(-c2ccnc(Nc3ccccc3)n2)c1-c1cccc(C(F)(F)F)c1.[CaH2]. The summed E-state index contributed by atoms with van der Waals surface area (Å²) in [5.41, 5.74) is 0.695. The van der Waals surface area contributed by atoms with Crippen LogP contribution in [0.15, 0.2) is 79.1 Å². The van der Waals surface area contributed by atoms with Crippen LogP contribution in [-0.2, 0) is 11.0 Å². The van der Waals surface area contributed by atoms with Gasteiger partial charge in [-0.2, -0.15) is 23.3 Å².